The number of halogens is 1. The van der Waals surface area contributed by atoms with Gasteiger partial charge in [-0.2, -0.15) is 5.10 Å². The van der Waals surface area contributed by atoms with Gasteiger partial charge >= 0.3 is 0 Å². The largest absolute Gasteiger partial charge is 0.273 e. The Balaban J connectivity index is 2.48. The molecular formula is C10H17BrN2. The highest BCUT2D eigenvalue weighted by Gasteiger charge is 2.16. The molecule has 0 atom stereocenters. The number of aryl methyl sites for hydroxylation is 2. The Labute approximate surface area is 88.5 Å². The Morgan fingerprint density at radius 1 is 1.54 bits per heavy atom. The molecule has 0 unspecified atom stereocenters. The molecule has 0 N–H and O–H groups in total. The average Bonchev–Trinajstić information content (AvgIpc) is 2.48. The molecule has 0 aliphatic heterocycles. The van der Waals surface area contributed by atoms with Gasteiger partial charge in [0.05, 0.1) is 0 Å². The van der Waals surface area contributed by atoms with E-state index < -0.39 is 0 Å². The highest BCUT2D eigenvalue weighted by atomic mass is 79.9. The standard InChI is InChI=1S/C10H17BrN2/c1-10(2,8-11)6-4-9-5-7-12-13(9)3/h5,7H,4,6,8H2,1-3H3. The van der Waals surface area contributed by atoms with Gasteiger partial charge < -0.3 is 0 Å². The first-order valence-corrected chi connectivity index (χ1v) is 5.70. The summed E-state index contributed by atoms with van der Waals surface area (Å²) in [6.45, 7) is 4.55. The summed E-state index contributed by atoms with van der Waals surface area (Å²) >= 11 is 3.53. The molecule has 1 aromatic heterocycles. The van der Waals surface area contributed by atoms with Crippen molar-refractivity contribution in [2.75, 3.05) is 5.33 Å². The van der Waals surface area contributed by atoms with E-state index in [-0.39, 0.29) is 0 Å². The van der Waals surface area contributed by atoms with Gasteiger partial charge in [0.1, 0.15) is 0 Å². The van der Waals surface area contributed by atoms with E-state index in [1.807, 2.05) is 17.9 Å². The quantitative estimate of drug-likeness (QED) is 0.746. The van der Waals surface area contributed by atoms with Gasteiger partial charge in [0.15, 0.2) is 0 Å². The van der Waals surface area contributed by atoms with Crippen molar-refractivity contribution in [1.29, 1.82) is 0 Å². The van der Waals surface area contributed by atoms with Crippen LogP contribution in [0.5, 0.6) is 0 Å². The van der Waals surface area contributed by atoms with Crippen LogP contribution in [0.25, 0.3) is 0 Å². The molecule has 1 heterocycles. The van der Waals surface area contributed by atoms with E-state index in [4.69, 9.17) is 0 Å². The number of rotatable bonds is 4. The van der Waals surface area contributed by atoms with E-state index >= 15 is 0 Å². The molecule has 1 aromatic rings. The van der Waals surface area contributed by atoms with Gasteiger partial charge in [0.2, 0.25) is 0 Å². The Bertz CT molecular complexity index is 266. The van der Waals surface area contributed by atoms with Crippen molar-refractivity contribution < 1.29 is 0 Å². The van der Waals surface area contributed by atoms with E-state index in [9.17, 15) is 0 Å². The maximum Gasteiger partial charge on any atom is 0.0492 e. The zero-order chi connectivity index (χ0) is 9.90. The maximum atomic E-state index is 4.15. The molecule has 0 amide bonds. The minimum atomic E-state index is 0.379. The van der Waals surface area contributed by atoms with Crippen molar-refractivity contribution in [2.24, 2.45) is 12.5 Å². The zero-order valence-corrected chi connectivity index (χ0v) is 10.1. The predicted octanol–water partition coefficient (Wildman–Crippen LogP) is 2.77. The fourth-order valence-corrected chi connectivity index (χ4v) is 1.46. The molecule has 0 bridgehead atoms. The van der Waals surface area contributed by atoms with Crippen LogP contribution in [0, 0.1) is 5.41 Å². The van der Waals surface area contributed by atoms with Crippen molar-refractivity contribution in [2.45, 2.75) is 26.7 Å². The average molecular weight is 245 g/mol. The first-order chi connectivity index (χ1) is 6.05. The SMILES string of the molecule is Cn1nccc1CCC(C)(C)CBr. The first-order valence-electron chi connectivity index (χ1n) is 4.58. The summed E-state index contributed by atoms with van der Waals surface area (Å²) < 4.78 is 1.95. The summed E-state index contributed by atoms with van der Waals surface area (Å²) in [5, 5.41) is 5.20. The highest BCUT2D eigenvalue weighted by Crippen LogP contribution is 2.24. The van der Waals surface area contributed by atoms with Crippen LogP contribution in [0.4, 0.5) is 0 Å². The van der Waals surface area contributed by atoms with Gasteiger partial charge in [0, 0.05) is 24.3 Å². The molecule has 0 saturated heterocycles. The fraction of sp³-hybridized carbons (Fsp3) is 0.700. The predicted molar refractivity (Wildman–Crippen MR) is 59.1 cm³/mol. The lowest BCUT2D eigenvalue weighted by Gasteiger charge is -2.21. The number of nitrogens with zero attached hydrogens (tertiary/aromatic N) is 2. The molecule has 1 rings (SSSR count). The van der Waals surface area contributed by atoms with Gasteiger partial charge in [-0.05, 0) is 24.3 Å². The lowest BCUT2D eigenvalue weighted by Crippen LogP contribution is -2.15. The van der Waals surface area contributed by atoms with Crippen molar-refractivity contribution in [1.82, 2.24) is 9.78 Å². The normalized spacial score (nSPS) is 12.0. The van der Waals surface area contributed by atoms with Gasteiger partial charge in [-0.3, -0.25) is 4.68 Å². The van der Waals surface area contributed by atoms with Crippen LogP contribution in [0.3, 0.4) is 0 Å². The van der Waals surface area contributed by atoms with Crippen LogP contribution < -0.4 is 0 Å². The Hall–Kier alpha value is -0.310. The van der Waals surface area contributed by atoms with E-state index in [0.29, 0.717) is 5.41 Å². The second-order valence-electron chi connectivity index (χ2n) is 4.24. The van der Waals surface area contributed by atoms with Crippen LogP contribution in [-0.2, 0) is 13.5 Å². The minimum absolute atomic E-state index is 0.379. The van der Waals surface area contributed by atoms with E-state index in [0.717, 1.165) is 11.8 Å². The summed E-state index contributed by atoms with van der Waals surface area (Å²) in [7, 11) is 2.00. The third-order valence-electron chi connectivity index (χ3n) is 2.34. The van der Waals surface area contributed by atoms with E-state index in [1.165, 1.54) is 12.1 Å². The lowest BCUT2D eigenvalue weighted by molar-refractivity contribution is 0.385. The number of hydrogen-bond donors (Lipinski definition) is 0. The Morgan fingerprint density at radius 2 is 2.23 bits per heavy atom. The second kappa shape index (κ2) is 4.27. The van der Waals surface area contributed by atoms with Gasteiger partial charge in [0.25, 0.3) is 0 Å². The molecule has 0 aromatic carbocycles. The lowest BCUT2D eigenvalue weighted by atomic mass is 9.90. The van der Waals surface area contributed by atoms with Crippen molar-refractivity contribution in [3.8, 4) is 0 Å². The van der Waals surface area contributed by atoms with E-state index in [1.54, 1.807) is 0 Å². The highest BCUT2D eigenvalue weighted by molar-refractivity contribution is 9.09. The molecule has 0 spiro atoms. The van der Waals surface area contributed by atoms with E-state index in [2.05, 4.69) is 40.9 Å². The molecule has 0 saturated carbocycles. The third-order valence-corrected chi connectivity index (χ3v) is 3.86. The van der Waals surface area contributed by atoms with Crippen LogP contribution in [0.2, 0.25) is 0 Å². The Morgan fingerprint density at radius 3 is 2.69 bits per heavy atom. The minimum Gasteiger partial charge on any atom is -0.273 e. The smallest absolute Gasteiger partial charge is 0.0492 e. The fourth-order valence-electron chi connectivity index (χ4n) is 1.18. The molecule has 13 heavy (non-hydrogen) atoms. The maximum absolute atomic E-state index is 4.15. The molecule has 74 valence electrons. The van der Waals surface area contributed by atoms with Crippen LogP contribution in [0.1, 0.15) is 26.0 Å². The summed E-state index contributed by atoms with van der Waals surface area (Å²) in [5.74, 6) is 0. The Kier molecular flexibility index (Phi) is 3.54. The summed E-state index contributed by atoms with van der Waals surface area (Å²) in [6.07, 6.45) is 4.16. The van der Waals surface area contributed by atoms with Crippen molar-refractivity contribution >= 4 is 15.9 Å². The molecule has 0 aliphatic carbocycles. The third kappa shape index (κ3) is 3.14. The van der Waals surface area contributed by atoms with Crippen molar-refractivity contribution in [3.05, 3.63) is 18.0 Å². The molecule has 3 heteroatoms. The monoisotopic (exact) mass is 244 g/mol. The molecule has 2 nitrogen and oxygen atoms in total. The second-order valence-corrected chi connectivity index (χ2v) is 4.80. The van der Waals surface area contributed by atoms with Crippen LogP contribution in [0.15, 0.2) is 12.3 Å². The van der Waals surface area contributed by atoms with Crippen molar-refractivity contribution in [3.63, 3.8) is 0 Å². The molecule has 0 aliphatic rings. The molecular weight excluding hydrogens is 228 g/mol. The van der Waals surface area contributed by atoms with Crippen LogP contribution >= 0.6 is 15.9 Å². The van der Waals surface area contributed by atoms with Gasteiger partial charge in [-0.1, -0.05) is 29.8 Å². The summed E-state index contributed by atoms with van der Waals surface area (Å²) in [5.41, 5.74) is 1.69. The topological polar surface area (TPSA) is 17.8 Å². The summed E-state index contributed by atoms with van der Waals surface area (Å²) in [6, 6.07) is 2.09. The first kappa shape index (κ1) is 10.8. The van der Waals surface area contributed by atoms with Crippen LogP contribution in [-0.4, -0.2) is 15.1 Å². The molecule has 0 fully saturated rings. The molecule has 0 radical (unpaired) electrons. The number of hydrogen-bond acceptors (Lipinski definition) is 1. The number of alkyl halides is 1. The van der Waals surface area contributed by atoms with Gasteiger partial charge in [-0.15, -0.1) is 0 Å². The zero-order valence-electron chi connectivity index (χ0n) is 8.55. The van der Waals surface area contributed by atoms with Gasteiger partial charge in [-0.25, -0.2) is 0 Å². The number of aromatic nitrogens is 2. The summed E-state index contributed by atoms with van der Waals surface area (Å²) in [4.78, 5) is 0.